The van der Waals surface area contributed by atoms with E-state index >= 15 is 0 Å². The summed E-state index contributed by atoms with van der Waals surface area (Å²) in [5, 5.41) is 4.58. The Morgan fingerprint density at radius 2 is 2.04 bits per heavy atom. The number of nitrogens with one attached hydrogen (secondary N) is 2. The lowest BCUT2D eigenvalue weighted by Crippen LogP contribution is -2.28. The van der Waals surface area contributed by atoms with Crippen molar-refractivity contribution in [3.05, 3.63) is 59.7 Å². The predicted molar refractivity (Wildman–Crippen MR) is 109 cm³/mol. The van der Waals surface area contributed by atoms with E-state index in [0.717, 1.165) is 64.7 Å². The van der Waals surface area contributed by atoms with Crippen LogP contribution in [0.2, 0.25) is 0 Å². The van der Waals surface area contributed by atoms with Crippen LogP contribution in [0.15, 0.2) is 42.7 Å². The van der Waals surface area contributed by atoms with Crippen LogP contribution in [0.5, 0.6) is 0 Å². The van der Waals surface area contributed by atoms with Crippen molar-refractivity contribution >= 4 is 22.5 Å². The Labute approximate surface area is 162 Å². The molecule has 140 valence electrons. The SMILES string of the molecule is Cc1cccc(-c2nc3c(c(Nc4ccnc5[nH]ccc45)n2)CN(C)CC3)n1. The number of hydrogen-bond donors (Lipinski definition) is 2. The second-order valence-electron chi connectivity index (χ2n) is 7.20. The number of aromatic nitrogens is 5. The highest BCUT2D eigenvalue weighted by atomic mass is 15.1. The molecule has 0 bridgehead atoms. The molecule has 0 saturated carbocycles. The molecule has 4 aromatic rings. The first-order chi connectivity index (χ1) is 13.7. The number of likely N-dealkylation sites (N-methyl/N-ethyl adjacent to an activating group) is 1. The van der Waals surface area contributed by atoms with Crippen molar-refractivity contribution < 1.29 is 0 Å². The van der Waals surface area contributed by atoms with Crippen LogP contribution in [-0.2, 0) is 13.0 Å². The predicted octanol–water partition coefficient (Wildman–Crippen LogP) is 3.45. The van der Waals surface area contributed by atoms with Gasteiger partial charge in [-0.05, 0) is 38.2 Å². The zero-order chi connectivity index (χ0) is 19.1. The minimum Gasteiger partial charge on any atom is -0.346 e. The molecule has 2 N–H and O–H groups in total. The van der Waals surface area contributed by atoms with Crippen molar-refractivity contribution in [3.63, 3.8) is 0 Å². The zero-order valence-corrected chi connectivity index (χ0v) is 15.9. The number of aromatic amines is 1. The van der Waals surface area contributed by atoms with Crippen LogP contribution in [0, 0.1) is 6.92 Å². The molecular weight excluding hydrogens is 350 g/mol. The molecule has 1 aliphatic heterocycles. The van der Waals surface area contributed by atoms with Crippen LogP contribution in [0.3, 0.4) is 0 Å². The van der Waals surface area contributed by atoms with E-state index in [2.05, 4.69) is 32.2 Å². The van der Waals surface area contributed by atoms with Gasteiger partial charge in [0.2, 0.25) is 0 Å². The molecule has 0 amide bonds. The summed E-state index contributed by atoms with van der Waals surface area (Å²) < 4.78 is 0. The molecule has 5 rings (SSSR count). The summed E-state index contributed by atoms with van der Waals surface area (Å²) >= 11 is 0. The van der Waals surface area contributed by atoms with E-state index in [1.54, 1.807) is 6.20 Å². The molecule has 0 fully saturated rings. The summed E-state index contributed by atoms with van der Waals surface area (Å²) in [6, 6.07) is 9.93. The summed E-state index contributed by atoms with van der Waals surface area (Å²) in [6.45, 7) is 3.79. The quantitative estimate of drug-likeness (QED) is 0.574. The van der Waals surface area contributed by atoms with Gasteiger partial charge in [-0.2, -0.15) is 0 Å². The third-order valence-corrected chi connectivity index (χ3v) is 5.08. The summed E-state index contributed by atoms with van der Waals surface area (Å²) in [6.07, 6.45) is 4.59. The molecule has 0 spiro atoms. The van der Waals surface area contributed by atoms with Crippen LogP contribution >= 0.6 is 0 Å². The molecule has 0 radical (unpaired) electrons. The highest BCUT2D eigenvalue weighted by Crippen LogP contribution is 2.30. The Kier molecular flexibility index (Phi) is 4.02. The second kappa shape index (κ2) is 6.69. The van der Waals surface area contributed by atoms with Gasteiger partial charge < -0.3 is 15.2 Å². The minimum absolute atomic E-state index is 0.661. The zero-order valence-electron chi connectivity index (χ0n) is 15.9. The van der Waals surface area contributed by atoms with Gasteiger partial charge in [-0.15, -0.1) is 0 Å². The van der Waals surface area contributed by atoms with Crippen molar-refractivity contribution in [1.29, 1.82) is 0 Å². The lowest BCUT2D eigenvalue weighted by molar-refractivity contribution is 0.310. The third-order valence-electron chi connectivity index (χ3n) is 5.08. The molecule has 1 aliphatic rings. The fraction of sp³-hybridized carbons (Fsp3) is 0.238. The van der Waals surface area contributed by atoms with Gasteiger partial charge in [-0.1, -0.05) is 6.07 Å². The van der Waals surface area contributed by atoms with Crippen LogP contribution < -0.4 is 5.32 Å². The van der Waals surface area contributed by atoms with Gasteiger partial charge in [-0.3, -0.25) is 0 Å². The molecule has 5 heterocycles. The lowest BCUT2D eigenvalue weighted by atomic mass is 10.1. The summed E-state index contributed by atoms with van der Waals surface area (Å²) in [4.78, 5) is 24.2. The Hall–Kier alpha value is -3.32. The average molecular weight is 371 g/mol. The number of rotatable bonds is 3. The maximum atomic E-state index is 4.88. The summed E-state index contributed by atoms with van der Waals surface area (Å²) in [7, 11) is 2.12. The third kappa shape index (κ3) is 2.99. The van der Waals surface area contributed by atoms with Gasteiger partial charge >= 0.3 is 0 Å². The summed E-state index contributed by atoms with van der Waals surface area (Å²) in [5.41, 5.74) is 5.82. The summed E-state index contributed by atoms with van der Waals surface area (Å²) in [5.74, 6) is 1.50. The Morgan fingerprint density at radius 3 is 2.93 bits per heavy atom. The molecule has 4 aromatic heterocycles. The van der Waals surface area contributed by atoms with E-state index < -0.39 is 0 Å². The lowest BCUT2D eigenvalue weighted by Gasteiger charge is -2.26. The van der Waals surface area contributed by atoms with E-state index in [4.69, 9.17) is 9.97 Å². The molecule has 0 unspecified atom stereocenters. The van der Waals surface area contributed by atoms with E-state index in [1.165, 1.54) is 0 Å². The Bertz CT molecular complexity index is 1160. The normalized spacial score (nSPS) is 14.2. The number of H-pyrrole nitrogens is 1. The van der Waals surface area contributed by atoms with Gasteiger partial charge in [-0.25, -0.2) is 19.9 Å². The fourth-order valence-electron chi connectivity index (χ4n) is 3.63. The highest BCUT2D eigenvalue weighted by molar-refractivity contribution is 5.91. The molecule has 0 saturated heterocycles. The monoisotopic (exact) mass is 371 g/mol. The molecule has 7 heteroatoms. The molecule has 28 heavy (non-hydrogen) atoms. The second-order valence-corrected chi connectivity index (χ2v) is 7.20. The van der Waals surface area contributed by atoms with E-state index in [-0.39, 0.29) is 0 Å². The minimum atomic E-state index is 0.661. The highest BCUT2D eigenvalue weighted by Gasteiger charge is 2.22. The van der Waals surface area contributed by atoms with Crippen molar-refractivity contribution in [1.82, 2.24) is 29.8 Å². The van der Waals surface area contributed by atoms with Crippen LogP contribution in [0.4, 0.5) is 11.5 Å². The van der Waals surface area contributed by atoms with Crippen molar-refractivity contribution in [2.24, 2.45) is 0 Å². The van der Waals surface area contributed by atoms with Gasteiger partial charge in [0, 0.05) is 48.5 Å². The van der Waals surface area contributed by atoms with Gasteiger partial charge in [0.25, 0.3) is 0 Å². The first-order valence-corrected chi connectivity index (χ1v) is 9.39. The topological polar surface area (TPSA) is 82.6 Å². The van der Waals surface area contributed by atoms with Gasteiger partial charge in [0.15, 0.2) is 5.82 Å². The van der Waals surface area contributed by atoms with Crippen molar-refractivity contribution in [2.75, 3.05) is 18.9 Å². The number of aryl methyl sites for hydroxylation is 1. The van der Waals surface area contributed by atoms with Crippen LogP contribution in [0.1, 0.15) is 17.0 Å². The molecule has 7 nitrogen and oxygen atoms in total. The van der Waals surface area contributed by atoms with Gasteiger partial charge in [0.05, 0.1) is 11.4 Å². The number of hydrogen-bond acceptors (Lipinski definition) is 6. The largest absolute Gasteiger partial charge is 0.346 e. The van der Waals surface area contributed by atoms with E-state index in [0.29, 0.717) is 5.82 Å². The molecule has 0 aliphatic carbocycles. The maximum Gasteiger partial charge on any atom is 0.180 e. The van der Waals surface area contributed by atoms with Crippen LogP contribution in [-0.4, -0.2) is 43.4 Å². The number of pyridine rings is 2. The first kappa shape index (κ1) is 16.8. The average Bonchev–Trinajstić information content (AvgIpc) is 3.18. The number of anilines is 2. The van der Waals surface area contributed by atoms with E-state index in [1.807, 2.05) is 43.5 Å². The Morgan fingerprint density at radius 1 is 1.11 bits per heavy atom. The molecular formula is C21H21N7. The Balaban J connectivity index is 1.64. The smallest absolute Gasteiger partial charge is 0.180 e. The standard InChI is InChI=1S/C21H21N7/c1-13-4-3-5-18(24-13)21-26-17-8-11-28(2)12-15(17)20(27-21)25-16-7-10-23-19-14(16)6-9-22-19/h3-7,9-10H,8,11-12H2,1-2H3,(H2,22,23,25,26,27). The molecule has 0 atom stereocenters. The van der Waals surface area contributed by atoms with Crippen molar-refractivity contribution in [3.8, 4) is 11.5 Å². The van der Waals surface area contributed by atoms with E-state index in [9.17, 15) is 0 Å². The molecule has 0 aromatic carbocycles. The maximum absolute atomic E-state index is 4.88. The van der Waals surface area contributed by atoms with Gasteiger partial charge in [0.1, 0.15) is 17.2 Å². The van der Waals surface area contributed by atoms with Crippen LogP contribution in [0.25, 0.3) is 22.6 Å². The number of fused-ring (bicyclic) bond motifs is 2. The first-order valence-electron chi connectivity index (χ1n) is 9.39. The number of nitrogens with zero attached hydrogens (tertiary/aromatic N) is 5. The fourth-order valence-corrected chi connectivity index (χ4v) is 3.63. The van der Waals surface area contributed by atoms with Crippen molar-refractivity contribution in [2.45, 2.75) is 19.9 Å².